The minimum absolute atomic E-state index is 0.0795. The summed E-state index contributed by atoms with van der Waals surface area (Å²) in [5, 5.41) is 15.2. The lowest BCUT2D eigenvalue weighted by Gasteiger charge is -2.13. The first-order valence-corrected chi connectivity index (χ1v) is 8.18. The van der Waals surface area contributed by atoms with Gasteiger partial charge in [-0.2, -0.15) is 23.0 Å². The molecule has 0 unspecified atom stereocenters. The fourth-order valence-corrected chi connectivity index (χ4v) is 2.83. The molecule has 28 heavy (non-hydrogen) atoms. The molecule has 0 aliphatic carbocycles. The topological polar surface area (TPSA) is 61.4 Å². The van der Waals surface area contributed by atoms with Crippen LogP contribution < -0.4 is 0 Å². The predicted molar refractivity (Wildman–Crippen MR) is 91.7 cm³/mol. The van der Waals surface area contributed by atoms with Crippen molar-refractivity contribution < 1.29 is 17.6 Å². The third kappa shape index (κ3) is 3.22. The first-order valence-electron chi connectivity index (χ1n) is 7.80. The van der Waals surface area contributed by atoms with Gasteiger partial charge in [0.1, 0.15) is 5.82 Å². The zero-order chi connectivity index (χ0) is 19.9. The first-order chi connectivity index (χ1) is 13.3. The molecule has 11 heteroatoms. The number of hydrogen-bond donors (Lipinski definition) is 0. The minimum atomic E-state index is -4.80. The molecule has 0 saturated carbocycles. The fourth-order valence-electron chi connectivity index (χ4n) is 2.70. The predicted octanol–water partition coefficient (Wildman–Crippen LogP) is 4.33. The van der Waals surface area contributed by atoms with Crippen molar-refractivity contribution in [1.29, 1.82) is 0 Å². The van der Waals surface area contributed by atoms with Crippen molar-refractivity contribution in [2.75, 3.05) is 0 Å². The van der Waals surface area contributed by atoms with Gasteiger partial charge in [-0.15, -0.1) is 5.10 Å². The van der Waals surface area contributed by atoms with E-state index in [1.165, 1.54) is 12.1 Å². The quantitative estimate of drug-likeness (QED) is 0.473. The van der Waals surface area contributed by atoms with Crippen LogP contribution in [0.5, 0.6) is 0 Å². The molecule has 0 aliphatic heterocycles. The highest BCUT2D eigenvalue weighted by Crippen LogP contribution is 2.38. The highest BCUT2D eigenvalue weighted by atomic mass is 35.5. The van der Waals surface area contributed by atoms with Crippen LogP contribution in [0.1, 0.15) is 5.69 Å². The van der Waals surface area contributed by atoms with Gasteiger partial charge in [-0.1, -0.05) is 17.7 Å². The van der Waals surface area contributed by atoms with Crippen molar-refractivity contribution in [2.45, 2.75) is 6.18 Å². The molecule has 0 fully saturated rings. The highest BCUT2D eigenvalue weighted by Gasteiger charge is 2.40. The Hall–Kier alpha value is -3.27. The number of tetrazole rings is 1. The zero-order valence-corrected chi connectivity index (χ0v) is 14.5. The summed E-state index contributed by atoms with van der Waals surface area (Å²) in [6.07, 6.45) is -3.80. The van der Waals surface area contributed by atoms with E-state index in [9.17, 15) is 17.6 Å². The largest absolute Gasteiger partial charge is 0.434 e. The molecule has 2 aromatic carbocycles. The van der Waals surface area contributed by atoms with Gasteiger partial charge < -0.3 is 0 Å². The lowest BCUT2D eigenvalue weighted by molar-refractivity contribution is -0.142. The van der Waals surface area contributed by atoms with Crippen LogP contribution in [0.4, 0.5) is 17.6 Å². The summed E-state index contributed by atoms with van der Waals surface area (Å²) < 4.78 is 56.8. The summed E-state index contributed by atoms with van der Waals surface area (Å²) >= 11 is 5.85. The molecule has 0 aliphatic rings. The van der Waals surface area contributed by atoms with Crippen molar-refractivity contribution in [3.63, 3.8) is 0 Å². The van der Waals surface area contributed by atoms with Crippen molar-refractivity contribution in [1.82, 2.24) is 30.0 Å². The second kappa shape index (κ2) is 6.71. The average Bonchev–Trinajstić information content (AvgIpc) is 3.28. The maximum absolute atomic E-state index is 13.9. The van der Waals surface area contributed by atoms with Crippen LogP contribution in [0, 0.1) is 5.82 Å². The SMILES string of the molecule is Fc1cccc(-n2ncc(-c3nnnn3-c3ccc(Cl)cc3)c2C(F)(F)F)c1. The maximum Gasteiger partial charge on any atom is 0.434 e. The maximum atomic E-state index is 13.9. The summed E-state index contributed by atoms with van der Waals surface area (Å²) in [5.74, 6) is -0.856. The van der Waals surface area contributed by atoms with Crippen LogP contribution in [0.3, 0.4) is 0 Å². The van der Waals surface area contributed by atoms with E-state index in [2.05, 4.69) is 20.6 Å². The summed E-state index contributed by atoms with van der Waals surface area (Å²) in [5.41, 5.74) is -1.14. The second-order valence-corrected chi connectivity index (χ2v) is 6.12. The van der Waals surface area contributed by atoms with Gasteiger partial charge in [0.25, 0.3) is 0 Å². The van der Waals surface area contributed by atoms with Crippen LogP contribution >= 0.6 is 11.6 Å². The first kappa shape index (κ1) is 18.1. The molecular weight excluding hydrogens is 400 g/mol. The van der Waals surface area contributed by atoms with Crippen molar-refractivity contribution >= 4 is 11.6 Å². The van der Waals surface area contributed by atoms with Crippen LogP contribution in [-0.4, -0.2) is 30.0 Å². The zero-order valence-electron chi connectivity index (χ0n) is 13.8. The number of rotatable bonds is 3. The van der Waals surface area contributed by atoms with E-state index in [0.717, 1.165) is 23.0 Å². The van der Waals surface area contributed by atoms with Crippen molar-refractivity contribution in [3.05, 3.63) is 71.3 Å². The van der Waals surface area contributed by atoms with Gasteiger partial charge in [0.15, 0.2) is 11.5 Å². The van der Waals surface area contributed by atoms with Crippen molar-refractivity contribution in [2.24, 2.45) is 0 Å². The second-order valence-electron chi connectivity index (χ2n) is 5.69. The standard InChI is InChI=1S/C17H9ClF4N6/c18-10-4-6-12(7-5-10)28-16(24-25-26-28)14-9-23-27(15(14)17(20,21)22)13-3-1-2-11(19)8-13/h1-9H. The molecule has 2 heterocycles. The van der Waals surface area contributed by atoms with Gasteiger partial charge in [-0.05, 0) is 52.9 Å². The van der Waals surface area contributed by atoms with Gasteiger partial charge >= 0.3 is 6.18 Å². The van der Waals surface area contributed by atoms with E-state index < -0.39 is 17.7 Å². The van der Waals surface area contributed by atoms with Gasteiger partial charge in [-0.25, -0.2) is 9.07 Å². The molecule has 0 atom stereocenters. The molecule has 142 valence electrons. The number of halogens is 5. The minimum Gasteiger partial charge on any atom is -0.228 e. The number of benzene rings is 2. The summed E-state index contributed by atoms with van der Waals surface area (Å²) in [4.78, 5) is 0. The molecule has 0 saturated heterocycles. The molecule has 2 aromatic heterocycles. The van der Waals surface area contributed by atoms with Crippen LogP contribution in [0.2, 0.25) is 5.02 Å². The number of nitrogens with zero attached hydrogens (tertiary/aromatic N) is 6. The fraction of sp³-hybridized carbons (Fsp3) is 0.0588. The van der Waals surface area contributed by atoms with E-state index >= 15 is 0 Å². The summed E-state index contributed by atoms with van der Waals surface area (Å²) in [6, 6.07) is 10.9. The Morgan fingerprint density at radius 2 is 1.68 bits per heavy atom. The van der Waals surface area contributed by atoms with E-state index in [-0.39, 0.29) is 17.1 Å². The molecule has 0 radical (unpaired) electrons. The van der Waals surface area contributed by atoms with Gasteiger partial charge in [0.05, 0.1) is 23.1 Å². The summed E-state index contributed by atoms with van der Waals surface area (Å²) in [6.45, 7) is 0. The smallest absolute Gasteiger partial charge is 0.228 e. The molecular formula is C17H9ClF4N6. The average molecular weight is 409 g/mol. The van der Waals surface area contributed by atoms with Crippen molar-refractivity contribution in [3.8, 4) is 22.8 Å². The van der Waals surface area contributed by atoms with E-state index in [1.807, 2.05) is 0 Å². The normalized spacial score (nSPS) is 11.8. The summed E-state index contributed by atoms with van der Waals surface area (Å²) in [7, 11) is 0. The molecule has 0 N–H and O–H groups in total. The van der Waals surface area contributed by atoms with E-state index in [0.29, 0.717) is 15.4 Å². The Morgan fingerprint density at radius 3 is 2.36 bits per heavy atom. The lowest BCUT2D eigenvalue weighted by atomic mass is 10.2. The van der Waals surface area contributed by atoms with Gasteiger partial charge in [0, 0.05) is 5.02 Å². The monoisotopic (exact) mass is 408 g/mol. The molecule has 6 nitrogen and oxygen atoms in total. The van der Waals surface area contributed by atoms with E-state index in [4.69, 9.17) is 11.6 Å². The van der Waals surface area contributed by atoms with E-state index in [1.54, 1.807) is 24.3 Å². The van der Waals surface area contributed by atoms with Crippen LogP contribution in [-0.2, 0) is 6.18 Å². The highest BCUT2D eigenvalue weighted by molar-refractivity contribution is 6.30. The van der Waals surface area contributed by atoms with Crippen LogP contribution in [0.15, 0.2) is 54.7 Å². The third-order valence-corrected chi connectivity index (χ3v) is 4.12. The molecule has 4 rings (SSSR count). The third-order valence-electron chi connectivity index (χ3n) is 3.87. The molecule has 0 amide bonds. The molecule has 0 bridgehead atoms. The molecule has 4 aromatic rings. The van der Waals surface area contributed by atoms with Crippen LogP contribution in [0.25, 0.3) is 22.8 Å². The Kier molecular flexibility index (Phi) is 4.34. The Bertz CT molecular complexity index is 1130. The lowest BCUT2D eigenvalue weighted by Crippen LogP contribution is -2.15. The Labute approximate surface area is 160 Å². The van der Waals surface area contributed by atoms with Gasteiger partial charge in [0.2, 0.25) is 0 Å². The molecule has 0 spiro atoms. The Morgan fingerprint density at radius 1 is 0.929 bits per heavy atom. The number of hydrogen-bond acceptors (Lipinski definition) is 4. The number of alkyl halides is 3. The van der Waals surface area contributed by atoms with Gasteiger partial charge in [-0.3, -0.25) is 0 Å². The number of aromatic nitrogens is 6. The Balaban J connectivity index is 1.91.